The van der Waals surface area contributed by atoms with Gasteiger partial charge < -0.3 is 0 Å². The van der Waals surface area contributed by atoms with Crippen molar-refractivity contribution in [3.63, 3.8) is 0 Å². The summed E-state index contributed by atoms with van der Waals surface area (Å²) in [6.07, 6.45) is 0. The standard InChI is InChI=1S/C10H10ClF3S/c1-6(2)7-4-3-5-8(11)9(7)15-10(12,13)14/h3-6H,1-2H3. The Hall–Kier alpha value is -0.350. The highest BCUT2D eigenvalue weighted by Gasteiger charge is 2.31. The van der Waals surface area contributed by atoms with E-state index in [0.717, 1.165) is 0 Å². The Balaban J connectivity index is 3.14. The van der Waals surface area contributed by atoms with Crippen LogP contribution in [0.4, 0.5) is 13.2 Å². The minimum Gasteiger partial charge on any atom is -0.160 e. The van der Waals surface area contributed by atoms with Crippen molar-refractivity contribution in [1.29, 1.82) is 0 Å². The molecule has 0 aliphatic heterocycles. The van der Waals surface area contributed by atoms with Gasteiger partial charge in [0.25, 0.3) is 0 Å². The molecule has 0 fully saturated rings. The second-order valence-electron chi connectivity index (χ2n) is 3.36. The molecule has 0 bridgehead atoms. The Bertz CT molecular complexity index is 347. The van der Waals surface area contributed by atoms with Gasteiger partial charge in [-0.15, -0.1) is 0 Å². The molecule has 15 heavy (non-hydrogen) atoms. The average Bonchev–Trinajstić information content (AvgIpc) is 2.05. The molecular weight excluding hydrogens is 245 g/mol. The molecular formula is C10H10ClF3S. The monoisotopic (exact) mass is 254 g/mol. The number of hydrogen-bond acceptors (Lipinski definition) is 1. The minimum atomic E-state index is -4.30. The van der Waals surface area contributed by atoms with Crippen molar-refractivity contribution in [2.45, 2.75) is 30.2 Å². The van der Waals surface area contributed by atoms with Crippen LogP contribution < -0.4 is 0 Å². The summed E-state index contributed by atoms with van der Waals surface area (Å²) in [5.41, 5.74) is -3.67. The van der Waals surface area contributed by atoms with Gasteiger partial charge in [0.15, 0.2) is 0 Å². The fourth-order valence-electron chi connectivity index (χ4n) is 1.20. The normalized spacial score (nSPS) is 12.2. The number of halogens is 4. The molecule has 84 valence electrons. The third-order valence-corrected chi connectivity index (χ3v) is 3.16. The third kappa shape index (κ3) is 3.61. The van der Waals surface area contributed by atoms with Crippen molar-refractivity contribution in [2.75, 3.05) is 0 Å². The lowest BCUT2D eigenvalue weighted by Gasteiger charge is -2.14. The van der Waals surface area contributed by atoms with Crippen molar-refractivity contribution in [1.82, 2.24) is 0 Å². The maximum absolute atomic E-state index is 12.3. The molecule has 1 aromatic rings. The summed E-state index contributed by atoms with van der Waals surface area (Å²) in [6, 6.07) is 4.81. The largest absolute Gasteiger partial charge is 0.446 e. The van der Waals surface area contributed by atoms with Gasteiger partial charge in [0.1, 0.15) is 0 Å². The van der Waals surface area contributed by atoms with Crippen LogP contribution in [0.25, 0.3) is 0 Å². The van der Waals surface area contributed by atoms with E-state index in [-0.39, 0.29) is 27.6 Å². The second-order valence-corrected chi connectivity index (χ2v) is 4.84. The maximum atomic E-state index is 12.3. The second kappa shape index (κ2) is 4.66. The maximum Gasteiger partial charge on any atom is 0.446 e. The van der Waals surface area contributed by atoms with Crippen LogP contribution in [0.2, 0.25) is 5.02 Å². The number of alkyl halides is 3. The van der Waals surface area contributed by atoms with Crippen molar-refractivity contribution in [3.05, 3.63) is 28.8 Å². The molecule has 0 unspecified atom stereocenters. The molecule has 1 rings (SSSR count). The summed E-state index contributed by atoms with van der Waals surface area (Å²) in [4.78, 5) is 0.113. The molecule has 0 amide bonds. The lowest BCUT2D eigenvalue weighted by Crippen LogP contribution is -2.02. The summed E-state index contributed by atoms with van der Waals surface area (Å²) in [5.74, 6) is 0.0218. The van der Waals surface area contributed by atoms with E-state index in [9.17, 15) is 13.2 Å². The molecule has 0 atom stereocenters. The van der Waals surface area contributed by atoms with Crippen LogP contribution in [0.5, 0.6) is 0 Å². The summed E-state index contributed by atoms with van der Waals surface area (Å²) in [7, 11) is 0. The van der Waals surface area contributed by atoms with Crippen LogP contribution in [0.1, 0.15) is 25.3 Å². The predicted molar refractivity (Wildman–Crippen MR) is 57.5 cm³/mol. The first-order chi connectivity index (χ1) is 6.81. The fraction of sp³-hybridized carbons (Fsp3) is 0.400. The smallest absolute Gasteiger partial charge is 0.160 e. The molecule has 0 saturated heterocycles. The Morgan fingerprint density at radius 2 is 1.87 bits per heavy atom. The molecule has 0 heterocycles. The molecule has 0 nitrogen and oxygen atoms in total. The van der Waals surface area contributed by atoms with Crippen molar-refractivity contribution in [3.8, 4) is 0 Å². The van der Waals surface area contributed by atoms with Gasteiger partial charge in [-0.05, 0) is 29.3 Å². The highest BCUT2D eigenvalue weighted by Crippen LogP contribution is 2.43. The van der Waals surface area contributed by atoms with Gasteiger partial charge in [-0.1, -0.05) is 37.6 Å². The number of rotatable bonds is 2. The first kappa shape index (κ1) is 12.7. The van der Waals surface area contributed by atoms with Crippen LogP contribution in [-0.2, 0) is 0 Å². The van der Waals surface area contributed by atoms with Gasteiger partial charge in [-0.25, -0.2) is 0 Å². The molecule has 0 aliphatic rings. The van der Waals surface area contributed by atoms with E-state index in [4.69, 9.17) is 11.6 Å². The van der Waals surface area contributed by atoms with Crippen LogP contribution in [0.15, 0.2) is 23.1 Å². The zero-order valence-electron chi connectivity index (χ0n) is 8.23. The van der Waals surface area contributed by atoms with Gasteiger partial charge in [0.05, 0.1) is 5.02 Å². The molecule has 5 heteroatoms. The molecule has 0 radical (unpaired) electrons. The Kier molecular flexibility index (Phi) is 3.95. The van der Waals surface area contributed by atoms with Gasteiger partial charge >= 0.3 is 5.51 Å². The molecule has 0 aliphatic carbocycles. The molecule has 1 aromatic carbocycles. The Morgan fingerprint density at radius 1 is 1.27 bits per heavy atom. The Labute approximate surface area is 95.8 Å². The van der Waals surface area contributed by atoms with Crippen molar-refractivity contribution in [2.24, 2.45) is 0 Å². The zero-order valence-corrected chi connectivity index (χ0v) is 9.80. The third-order valence-electron chi connectivity index (χ3n) is 1.84. The number of thioether (sulfide) groups is 1. The molecule has 0 N–H and O–H groups in total. The summed E-state index contributed by atoms with van der Waals surface area (Å²) >= 11 is 5.61. The molecule has 0 saturated carbocycles. The molecule has 0 spiro atoms. The quantitative estimate of drug-likeness (QED) is 0.664. The van der Waals surface area contributed by atoms with Gasteiger partial charge in [0.2, 0.25) is 0 Å². The van der Waals surface area contributed by atoms with E-state index >= 15 is 0 Å². The Morgan fingerprint density at radius 3 is 2.33 bits per heavy atom. The van der Waals surface area contributed by atoms with E-state index in [0.29, 0.717) is 5.56 Å². The van der Waals surface area contributed by atoms with Crippen LogP contribution in [0.3, 0.4) is 0 Å². The van der Waals surface area contributed by atoms with Gasteiger partial charge in [0, 0.05) is 4.90 Å². The van der Waals surface area contributed by atoms with Gasteiger partial charge in [-0.3, -0.25) is 0 Å². The van der Waals surface area contributed by atoms with Gasteiger partial charge in [-0.2, -0.15) is 13.2 Å². The van der Waals surface area contributed by atoms with E-state index in [1.807, 2.05) is 13.8 Å². The summed E-state index contributed by atoms with van der Waals surface area (Å²) in [6.45, 7) is 3.68. The van der Waals surface area contributed by atoms with Crippen LogP contribution in [0, 0.1) is 0 Å². The lowest BCUT2D eigenvalue weighted by atomic mass is 10.0. The highest BCUT2D eigenvalue weighted by molar-refractivity contribution is 8.00. The first-order valence-corrected chi connectivity index (χ1v) is 5.55. The van der Waals surface area contributed by atoms with Crippen LogP contribution >= 0.6 is 23.4 Å². The molecule has 0 aromatic heterocycles. The predicted octanol–water partition coefficient (Wildman–Crippen LogP) is 5.08. The number of hydrogen-bond donors (Lipinski definition) is 0. The topological polar surface area (TPSA) is 0 Å². The lowest BCUT2D eigenvalue weighted by molar-refractivity contribution is -0.0328. The SMILES string of the molecule is CC(C)c1cccc(Cl)c1SC(F)(F)F. The van der Waals surface area contributed by atoms with Crippen LogP contribution in [-0.4, -0.2) is 5.51 Å². The van der Waals surface area contributed by atoms with Crippen molar-refractivity contribution >= 4 is 23.4 Å². The van der Waals surface area contributed by atoms with E-state index in [2.05, 4.69) is 0 Å². The first-order valence-electron chi connectivity index (χ1n) is 4.35. The fourth-order valence-corrected chi connectivity index (χ4v) is 2.32. The average molecular weight is 255 g/mol. The van der Waals surface area contributed by atoms with E-state index in [1.54, 1.807) is 12.1 Å². The highest BCUT2D eigenvalue weighted by atomic mass is 35.5. The van der Waals surface area contributed by atoms with E-state index < -0.39 is 5.51 Å². The number of benzene rings is 1. The zero-order chi connectivity index (χ0) is 11.6. The minimum absolute atomic E-state index is 0.0218. The summed E-state index contributed by atoms with van der Waals surface area (Å²) < 4.78 is 36.8. The van der Waals surface area contributed by atoms with Crippen molar-refractivity contribution < 1.29 is 13.2 Å². The summed E-state index contributed by atoms with van der Waals surface area (Å²) in [5, 5.41) is 0.156. The van der Waals surface area contributed by atoms with E-state index in [1.165, 1.54) is 6.07 Å².